The lowest BCUT2D eigenvalue weighted by atomic mass is 10.0. The summed E-state index contributed by atoms with van der Waals surface area (Å²) in [4.78, 5) is 0. The van der Waals surface area contributed by atoms with Crippen molar-refractivity contribution >= 4 is 0 Å². The van der Waals surface area contributed by atoms with E-state index in [4.69, 9.17) is 0 Å². The van der Waals surface area contributed by atoms with E-state index in [9.17, 15) is 0 Å². The van der Waals surface area contributed by atoms with Gasteiger partial charge in [-0.05, 0) is 31.9 Å². The molecule has 1 aromatic carbocycles. The van der Waals surface area contributed by atoms with Gasteiger partial charge in [-0.25, -0.2) is 0 Å². The Balaban J connectivity index is 2.48. The summed E-state index contributed by atoms with van der Waals surface area (Å²) in [6, 6.07) is 11.3. The minimum Gasteiger partial charge on any atom is -0.310 e. The van der Waals surface area contributed by atoms with E-state index in [0.29, 0.717) is 6.04 Å². The predicted molar refractivity (Wildman–Crippen MR) is 76.1 cm³/mol. The quantitative estimate of drug-likeness (QED) is 0.514. The van der Waals surface area contributed by atoms with Crippen molar-refractivity contribution in [3.05, 3.63) is 48.0 Å². The zero-order chi connectivity index (χ0) is 12.3. The summed E-state index contributed by atoms with van der Waals surface area (Å²) in [7, 11) is 0. The van der Waals surface area contributed by atoms with Gasteiger partial charge in [-0.15, -0.1) is 0 Å². The van der Waals surface area contributed by atoms with Gasteiger partial charge in [0.15, 0.2) is 0 Å². The maximum absolute atomic E-state index is 3.65. The number of benzene rings is 1. The van der Waals surface area contributed by atoms with Crippen molar-refractivity contribution in [3.63, 3.8) is 0 Å². The van der Waals surface area contributed by atoms with Crippen molar-refractivity contribution in [1.82, 2.24) is 5.32 Å². The third-order valence-electron chi connectivity index (χ3n) is 2.99. The van der Waals surface area contributed by atoms with Gasteiger partial charge < -0.3 is 5.32 Å². The lowest BCUT2D eigenvalue weighted by Crippen LogP contribution is -2.22. The van der Waals surface area contributed by atoms with Gasteiger partial charge in [0, 0.05) is 6.04 Å². The van der Waals surface area contributed by atoms with Gasteiger partial charge in [0.05, 0.1) is 0 Å². The molecule has 0 aliphatic rings. The second-order valence-corrected chi connectivity index (χ2v) is 4.42. The first-order chi connectivity index (χ1) is 8.38. The highest BCUT2D eigenvalue weighted by molar-refractivity contribution is 5.18. The van der Waals surface area contributed by atoms with Crippen LogP contribution in [-0.2, 0) is 0 Å². The Labute approximate surface area is 106 Å². The van der Waals surface area contributed by atoms with Crippen LogP contribution in [-0.4, -0.2) is 6.54 Å². The number of unbranched alkanes of at least 4 members (excludes halogenated alkanes) is 1. The Morgan fingerprint density at radius 3 is 2.65 bits per heavy atom. The molecule has 0 radical (unpaired) electrons. The van der Waals surface area contributed by atoms with E-state index in [2.05, 4.69) is 61.6 Å². The fraction of sp³-hybridized carbons (Fsp3) is 0.500. The zero-order valence-corrected chi connectivity index (χ0v) is 11.2. The van der Waals surface area contributed by atoms with E-state index < -0.39 is 0 Å². The molecule has 94 valence electrons. The van der Waals surface area contributed by atoms with Gasteiger partial charge in [0.25, 0.3) is 0 Å². The fourth-order valence-corrected chi connectivity index (χ4v) is 1.99. The molecule has 1 aromatic rings. The van der Waals surface area contributed by atoms with E-state index in [-0.39, 0.29) is 0 Å². The summed E-state index contributed by atoms with van der Waals surface area (Å²) in [6.07, 6.45) is 9.23. The first kappa shape index (κ1) is 14.0. The molecule has 0 saturated heterocycles. The lowest BCUT2D eigenvalue weighted by molar-refractivity contribution is 0.486. The van der Waals surface area contributed by atoms with Crippen molar-refractivity contribution < 1.29 is 0 Å². The predicted octanol–water partition coefficient (Wildman–Crippen LogP) is 4.47. The number of rotatable bonds is 8. The number of hydrogen-bond acceptors (Lipinski definition) is 1. The molecule has 1 nitrogen and oxygen atoms in total. The summed E-state index contributed by atoms with van der Waals surface area (Å²) in [5.74, 6) is 0. The van der Waals surface area contributed by atoms with Crippen molar-refractivity contribution in [2.24, 2.45) is 0 Å². The topological polar surface area (TPSA) is 12.0 Å². The van der Waals surface area contributed by atoms with Crippen LogP contribution in [0.4, 0.5) is 0 Å². The molecule has 0 aliphatic carbocycles. The minimum atomic E-state index is 0.515. The zero-order valence-electron chi connectivity index (χ0n) is 11.2. The third kappa shape index (κ3) is 5.69. The van der Waals surface area contributed by atoms with Crippen LogP contribution < -0.4 is 5.32 Å². The van der Waals surface area contributed by atoms with Gasteiger partial charge in [-0.3, -0.25) is 0 Å². The maximum Gasteiger partial charge on any atom is 0.0320 e. The largest absolute Gasteiger partial charge is 0.310 e. The van der Waals surface area contributed by atoms with E-state index in [1.807, 2.05) is 0 Å². The Morgan fingerprint density at radius 1 is 1.24 bits per heavy atom. The molecule has 0 bridgehead atoms. The van der Waals surface area contributed by atoms with Crippen molar-refractivity contribution in [1.29, 1.82) is 0 Å². The van der Waals surface area contributed by atoms with Crippen LogP contribution in [0.25, 0.3) is 0 Å². The first-order valence-corrected chi connectivity index (χ1v) is 6.78. The number of hydrogen-bond donors (Lipinski definition) is 1. The molecule has 0 aliphatic heterocycles. The van der Waals surface area contributed by atoms with E-state index in [1.165, 1.54) is 24.8 Å². The highest BCUT2D eigenvalue weighted by atomic mass is 14.9. The van der Waals surface area contributed by atoms with Gasteiger partial charge in [0.2, 0.25) is 0 Å². The molecule has 0 spiro atoms. The first-order valence-electron chi connectivity index (χ1n) is 6.78. The normalized spacial score (nSPS) is 13.1. The molecule has 1 rings (SSSR count). The minimum absolute atomic E-state index is 0.515. The standard InChI is InChI=1S/C16H25N/c1-3-5-10-14-17-16(13-6-4-2)15-11-8-7-9-12-15/h3,5,7-9,11-12,16-17H,4,6,10,13-14H2,1-2H3/b5-3+. The van der Waals surface area contributed by atoms with Gasteiger partial charge >= 0.3 is 0 Å². The van der Waals surface area contributed by atoms with Gasteiger partial charge in [-0.1, -0.05) is 62.2 Å². The number of nitrogens with one attached hydrogen (secondary N) is 1. The van der Waals surface area contributed by atoms with Crippen molar-refractivity contribution in [2.75, 3.05) is 6.54 Å². The van der Waals surface area contributed by atoms with Crippen LogP contribution in [0, 0.1) is 0 Å². The third-order valence-corrected chi connectivity index (χ3v) is 2.99. The summed E-state index contributed by atoms with van der Waals surface area (Å²) in [6.45, 7) is 5.39. The van der Waals surface area contributed by atoms with E-state index in [0.717, 1.165) is 13.0 Å². The maximum atomic E-state index is 3.65. The van der Waals surface area contributed by atoms with Crippen molar-refractivity contribution in [2.45, 2.75) is 45.6 Å². The van der Waals surface area contributed by atoms with Gasteiger partial charge in [-0.2, -0.15) is 0 Å². The van der Waals surface area contributed by atoms with Crippen LogP contribution in [0.1, 0.15) is 51.1 Å². The fourth-order valence-electron chi connectivity index (χ4n) is 1.99. The van der Waals surface area contributed by atoms with Crippen LogP contribution in [0.15, 0.2) is 42.5 Å². The monoisotopic (exact) mass is 231 g/mol. The second-order valence-electron chi connectivity index (χ2n) is 4.42. The molecule has 0 aromatic heterocycles. The van der Waals surface area contributed by atoms with Crippen LogP contribution in [0.3, 0.4) is 0 Å². The molecular formula is C16H25N. The highest BCUT2D eigenvalue weighted by Gasteiger charge is 2.08. The number of allylic oxidation sites excluding steroid dienone is 1. The summed E-state index contributed by atoms with van der Waals surface area (Å²) in [5.41, 5.74) is 1.42. The molecule has 0 saturated carbocycles. The van der Waals surface area contributed by atoms with Crippen molar-refractivity contribution in [3.8, 4) is 0 Å². The Morgan fingerprint density at radius 2 is 2.00 bits per heavy atom. The SMILES string of the molecule is C/C=C/CCNC(CCCC)c1ccccc1. The average Bonchev–Trinajstić information content (AvgIpc) is 2.39. The van der Waals surface area contributed by atoms with E-state index >= 15 is 0 Å². The summed E-state index contributed by atoms with van der Waals surface area (Å²) < 4.78 is 0. The van der Waals surface area contributed by atoms with Crippen LogP contribution in [0.5, 0.6) is 0 Å². The smallest absolute Gasteiger partial charge is 0.0320 e. The molecule has 1 unspecified atom stereocenters. The molecular weight excluding hydrogens is 206 g/mol. The molecule has 1 N–H and O–H groups in total. The molecule has 1 atom stereocenters. The molecule has 1 heteroatoms. The van der Waals surface area contributed by atoms with Gasteiger partial charge in [0.1, 0.15) is 0 Å². The van der Waals surface area contributed by atoms with E-state index in [1.54, 1.807) is 0 Å². The molecule has 0 heterocycles. The molecule has 0 fully saturated rings. The van der Waals surface area contributed by atoms with Crippen LogP contribution >= 0.6 is 0 Å². The highest BCUT2D eigenvalue weighted by Crippen LogP contribution is 2.18. The Hall–Kier alpha value is -1.08. The second kappa shape index (κ2) is 9.00. The Kier molecular flexibility index (Phi) is 7.40. The lowest BCUT2D eigenvalue weighted by Gasteiger charge is -2.18. The molecule has 17 heavy (non-hydrogen) atoms. The van der Waals surface area contributed by atoms with Crippen LogP contribution in [0.2, 0.25) is 0 Å². The average molecular weight is 231 g/mol. The molecule has 0 amide bonds. The Bertz CT molecular complexity index is 303. The summed E-state index contributed by atoms with van der Waals surface area (Å²) >= 11 is 0. The summed E-state index contributed by atoms with van der Waals surface area (Å²) in [5, 5.41) is 3.65.